The molecule has 1 saturated heterocycles. The second kappa shape index (κ2) is 4.63. The minimum absolute atomic E-state index is 0.0152. The third-order valence-electron chi connectivity index (χ3n) is 2.87. The summed E-state index contributed by atoms with van der Waals surface area (Å²) in [7, 11) is 0. The van der Waals surface area contributed by atoms with Gasteiger partial charge in [0.25, 0.3) is 5.56 Å². The molecule has 0 aromatic carbocycles. The fourth-order valence-electron chi connectivity index (χ4n) is 1.87. The van der Waals surface area contributed by atoms with E-state index in [0.29, 0.717) is 0 Å². The van der Waals surface area contributed by atoms with Crippen LogP contribution in [0.15, 0.2) is 15.8 Å². The second-order valence-electron chi connectivity index (χ2n) is 4.13. The highest BCUT2D eigenvalue weighted by Crippen LogP contribution is 2.36. The Hall–Kier alpha value is -1.51. The highest BCUT2D eigenvalue weighted by Gasteiger charge is 2.41. The van der Waals surface area contributed by atoms with E-state index in [-0.39, 0.29) is 18.4 Å². The zero-order valence-corrected chi connectivity index (χ0v) is 9.43. The Labute approximate surface area is 100 Å². The molecule has 0 saturated carbocycles. The zero-order valence-electron chi connectivity index (χ0n) is 9.43. The predicted octanol–water partition coefficient (Wildman–Crippen LogP) is -1.00. The first-order valence-electron chi connectivity index (χ1n) is 5.42. The van der Waals surface area contributed by atoms with Crippen molar-refractivity contribution >= 4 is 0 Å². The predicted molar refractivity (Wildman–Crippen MR) is 57.5 cm³/mol. The quantitative estimate of drug-likeness (QED) is 0.646. The SMILES string of the molecule is O=c1[nH]c(=O)n([C@H]2CC[C@@](F)(CO)O2)cc1CO. The molecule has 2 heterocycles. The third kappa shape index (κ3) is 2.22. The van der Waals surface area contributed by atoms with E-state index in [4.69, 9.17) is 14.9 Å². The van der Waals surface area contributed by atoms with Crippen molar-refractivity contribution < 1.29 is 19.3 Å². The summed E-state index contributed by atoms with van der Waals surface area (Å²) in [5.41, 5.74) is -1.45. The van der Waals surface area contributed by atoms with Crippen LogP contribution in [-0.4, -0.2) is 32.2 Å². The molecule has 1 aliphatic heterocycles. The van der Waals surface area contributed by atoms with Crippen LogP contribution in [0.2, 0.25) is 0 Å². The largest absolute Gasteiger partial charge is 0.391 e. The molecule has 0 unspecified atom stereocenters. The average molecular weight is 260 g/mol. The van der Waals surface area contributed by atoms with Crippen molar-refractivity contribution in [2.75, 3.05) is 6.61 Å². The summed E-state index contributed by atoms with van der Waals surface area (Å²) in [5, 5.41) is 17.8. The van der Waals surface area contributed by atoms with Gasteiger partial charge < -0.3 is 14.9 Å². The number of aromatic nitrogens is 2. The van der Waals surface area contributed by atoms with Crippen LogP contribution in [0.3, 0.4) is 0 Å². The van der Waals surface area contributed by atoms with E-state index in [1.54, 1.807) is 0 Å². The molecule has 1 aromatic rings. The fourth-order valence-corrected chi connectivity index (χ4v) is 1.87. The van der Waals surface area contributed by atoms with E-state index in [9.17, 15) is 14.0 Å². The van der Waals surface area contributed by atoms with Gasteiger partial charge in [0.2, 0.25) is 5.85 Å². The molecule has 8 heteroatoms. The van der Waals surface area contributed by atoms with Crippen LogP contribution in [0.4, 0.5) is 4.39 Å². The van der Waals surface area contributed by atoms with Crippen LogP contribution in [-0.2, 0) is 11.3 Å². The lowest BCUT2D eigenvalue weighted by molar-refractivity contribution is -0.177. The topological polar surface area (TPSA) is 105 Å². The van der Waals surface area contributed by atoms with Gasteiger partial charge in [-0.3, -0.25) is 14.3 Å². The number of H-pyrrole nitrogens is 1. The molecule has 0 radical (unpaired) electrons. The molecule has 1 aromatic heterocycles. The van der Waals surface area contributed by atoms with Gasteiger partial charge in [0.15, 0.2) is 0 Å². The normalized spacial score (nSPS) is 27.6. The zero-order chi connectivity index (χ0) is 13.3. The van der Waals surface area contributed by atoms with E-state index in [2.05, 4.69) is 0 Å². The first-order valence-corrected chi connectivity index (χ1v) is 5.42. The van der Waals surface area contributed by atoms with Gasteiger partial charge in [-0.1, -0.05) is 0 Å². The lowest BCUT2D eigenvalue weighted by Gasteiger charge is -2.19. The van der Waals surface area contributed by atoms with E-state index < -0.39 is 36.5 Å². The van der Waals surface area contributed by atoms with Crippen LogP contribution >= 0.6 is 0 Å². The number of alkyl halides is 1. The lowest BCUT2D eigenvalue weighted by atomic mass is 10.2. The van der Waals surface area contributed by atoms with Crippen molar-refractivity contribution in [3.05, 3.63) is 32.6 Å². The van der Waals surface area contributed by atoms with Crippen molar-refractivity contribution in [1.82, 2.24) is 9.55 Å². The molecular weight excluding hydrogens is 247 g/mol. The summed E-state index contributed by atoms with van der Waals surface area (Å²) in [6.45, 7) is -1.34. The lowest BCUT2D eigenvalue weighted by Crippen LogP contribution is -2.35. The first kappa shape index (κ1) is 12.9. The Bertz CT molecular complexity index is 554. The summed E-state index contributed by atoms with van der Waals surface area (Å²) >= 11 is 0. The van der Waals surface area contributed by atoms with Crippen LogP contribution in [0.5, 0.6) is 0 Å². The molecule has 0 bridgehead atoms. The molecule has 1 aliphatic rings. The van der Waals surface area contributed by atoms with Gasteiger partial charge >= 0.3 is 5.69 Å². The summed E-state index contributed by atoms with van der Waals surface area (Å²) in [6, 6.07) is 0. The Morgan fingerprint density at radius 1 is 1.56 bits per heavy atom. The van der Waals surface area contributed by atoms with Crippen LogP contribution in [0.1, 0.15) is 24.6 Å². The number of aliphatic hydroxyl groups excluding tert-OH is 2. The molecule has 3 N–H and O–H groups in total. The standard InChI is InChI=1S/C10H13FN2O5/c11-10(5-15)2-1-7(18-10)13-3-6(4-14)8(16)12-9(13)17/h3,7,14-15H,1-2,4-5H2,(H,12,16,17)/t7-,10+/m1/s1. The molecule has 2 atom stereocenters. The number of halogens is 1. The van der Waals surface area contributed by atoms with Crippen LogP contribution in [0, 0.1) is 0 Å². The Morgan fingerprint density at radius 3 is 2.83 bits per heavy atom. The van der Waals surface area contributed by atoms with E-state index >= 15 is 0 Å². The van der Waals surface area contributed by atoms with Crippen LogP contribution < -0.4 is 11.2 Å². The maximum Gasteiger partial charge on any atom is 0.330 e. The van der Waals surface area contributed by atoms with Crippen LogP contribution in [0.25, 0.3) is 0 Å². The number of nitrogens with zero attached hydrogens (tertiary/aromatic N) is 1. The van der Waals surface area contributed by atoms with Crippen molar-refractivity contribution in [2.24, 2.45) is 0 Å². The second-order valence-corrected chi connectivity index (χ2v) is 4.13. The maximum absolute atomic E-state index is 13.7. The Balaban J connectivity index is 2.36. The van der Waals surface area contributed by atoms with E-state index in [0.717, 1.165) is 10.8 Å². The molecule has 18 heavy (non-hydrogen) atoms. The van der Waals surface area contributed by atoms with E-state index in [1.807, 2.05) is 4.98 Å². The summed E-state index contributed by atoms with van der Waals surface area (Å²) in [4.78, 5) is 24.8. The number of aliphatic hydroxyl groups is 2. The highest BCUT2D eigenvalue weighted by atomic mass is 19.2. The first-order chi connectivity index (χ1) is 8.49. The molecule has 2 rings (SSSR count). The number of hydrogen-bond donors (Lipinski definition) is 3. The smallest absolute Gasteiger partial charge is 0.330 e. The average Bonchev–Trinajstić information content (AvgIpc) is 2.73. The number of rotatable bonds is 3. The minimum Gasteiger partial charge on any atom is -0.391 e. The Morgan fingerprint density at radius 2 is 2.28 bits per heavy atom. The summed E-state index contributed by atoms with van der Waals surface area (Å²) < 4.78 is 19.6. The highest BCUT2D eigenvalue weighted by molar-refractivity contribution is 5.03. The van der Waals surface area contributed by atoms with Gasteiger partial charge in [-0.2, -0.15) is 0 Å². The van der Waals surface area contributed by atoms with Gasteiger partial charge in [0, 0.05) is 12.6 Å². The molecule has 0 aliphatic carbocycles. The van der Waals surface area contributed by atoms with Crippen molar-refractivity contribution in [3.8, 4) is 0 Å². The summed E-state index contributed by atoms with van der Waals surface area (Å²) in [5.74, 6) is -2.17. The van der Waals surface area contributed by atoms with Gasteiger partial charge in [0.1, 0.15) is 12.8 Å². The molecule has 7 nitrogen and oxygen atoms in total. The fraction of sp³-hybridized carbons (Fsp3) is 0.600. The minimum atomic E-state index is -2.17. The van der Waals surface area contributed by atoms with Crippen molar-refractivity contribution in [3.63, 3.8) is 0 Å². The monoisotopic (exact) mass is 260 g/mol. The van der Waals surface area contributed by atoms with Gasteiger partial charge in [-0.15, -0.1) is 0 Å². The molecular formula is C10H13FN2O5. The molecule has 100 valence electrons. The van der Waals surface area contributed by atoms with Gasteiger partial charge in [-0.05, 0) is 6.42 Å². The van der Waals surface area contributed by atoms with E-state index in [1.165, 1.54) is 0 Å². The van der Waals surface area contributed by atoms with Gasteiger partial charge in [-0.25, -0.2) is 9.18 Å². The molecule has 0 amide bonds. The number of aromatic amines is 1. The third-order valence-corrected chi connectivity index (χ3v) is 2.87. The number of hydrogen-bond acceptors (Lipinski definition) is 5. The summed E-state index contributed by atoms with van der Waals surface area (Å²) in [6.07, 6.45) is 0.369. The van der Waals surface area contributed by atoms with Crippen molar-refractivity contribution in [2.45, 2.75) is 31.5 Å². The Kier molecular flexibility index (Phi) is 3.33. The number of ether oxygens (including phenoxy) is 1. The van der Waals surface area contributed by atoms with Gasteiger partial charge in [0.05, 0.1) is 12.2 Å². The van der Waals surface area contributed by atoms with Crippen molar-refractivity contribution in [1.29, 1.82) is 0 Å². The number of nitrogens with one attached hydrogen (secondary N) is 1. The maximum atomic E-state index is 13.7. The molecule has 0 spiro atoms. The molecule has 1 fully saturated rings.